The zero-order chi connectivity index (χ0) is 16.1. The summed E-state index contributed by atoms with van der Waals surface area (Å²) >= 11 is 7.82. The largest absolute Gasteiger partial charge is 0.465 e. The molecule has 1 aromatic heterocycles. The fourth-order valence-electron chi connectivity index (χ4n) is 3.01. The maximum absolute atomic E-state index is 11.4. The van der Waals surface area contributed by atoms with E-state index in [0.29, 0.717) is 11.3 Å². The lowest BCUT2D eigenvalue weighted by Gasteiger charge is -2.19. The Morgan fingerprint density at radius 2 is 2.32 bits per heavy atom. The van der Waals surface area contributed by atoms with Gasteiger partial charge in [-0.2, -0.15) is 0 Å². The Labute approximate surface area is 141 Å². The van der Waals surface area contributed by atoms with E-state index in [0.717, 1.165) is 30.4 Å². The van der Waals surface area contributed by atoms with Gasteiger partial charge in [-0.3, -0.25) is 0 Å². The topological polar surface area (TPSA) is 52.6 Å². The first-order valence-electron chi connectivity index (χ1n) is 7.22. The highest BCUT2D eigenvalue weighted by Crippen LogP contribution is 2.40. The van der Waals surface area contributed by atoms with E-state index < -0.39 is 0 Å². The Morgan fingerprint density at radius 3 is 2.95 bits per heavy atom. The van der Waals surface area contributed by atoms with Crippen LogP contribution in [0.3, 0.4) is 0 Å². The van der Waals surface area contributed by atoms with E-state index in [4.69, 9.17) is 20.9 Å². The number of alkyl halides is 1. The molecule has 0 saturated heterocycles. The molecule has 1 unspecified atom stereocenters. The molecule has 1 saturated carbocycles. The van der Waals surface area contributed by atoms with Crippen molar-refractivity contribution in [3.63, 3.8) is 0 Å². The van der Waals surface area contributed by atoms with Crippen LogP contribution in [0.15, 0.2) is 12.1 Å². The van der Waals surface area contributed by atoms with E-state index in [1.807, 2.05) is 6.07 Å². The molecule has 0 radical (unpaired) electrons. The molecular weight excluding hydrogens is 343 g/mol. The average Bonchev–Trinajstić information content (AvgIpc) is 3.11. The first-order valence-corrected chi connectivity index (χ1v) is 8.95. The van der Waals surface area contributed by atoms with Gasteiger partial charge < -0.3 is 14.1 Å². The van der Waals surface area contributed by atoms with E-state index in [9.17, 15) is 9.59 Å². The minimum absolute atomic E-state index is 0.0188. The summed E-state index contributed by atoms with van der Waals surface area (Å²) in [5.41, 5.74) is 0. The van der Waals surface area contributed by atoms with Crippen LogP contribution in [0.4, 0.5) is 0 Å². The number of thiophene rings is 1. The molecule has 1 aromatic rings. The summed E-state index contributed by atoms with van der Waals surface area (Å²) in [6, 6.07) is 3.74. The van der Waals surface area contributed by atoms with Gasteiger partial charge in [0, 0.05) is 25.6 Å². The monoisotopic (exact) mass is 362 g/mol. The highest BCUT2D eigenvalue weighted by molar-refractivity contribution is 7.13. The minimum Gasteiger partial charge on any atom is -0.465 e. The molecule has 0 spiro atoms. The number of aldehydes is 1. The van der Waals surface area contributed by atoms with Crippen LogP contribution in [-0.4, -0.2) is 30.8 Å². The Balaban J connectivity index is 1.86. The van der Waals surface area contributed by atoms with Crippen LogP contribution in [-0.2, 0) is 20.5 Å². The molecule has 1 heterocycles. The van der Waals surface area contributed by atoms with Gasteiger partial charge in [-0.25, -0.2) is 4.79 Å². The van der Waals surface area contributed by atoms with E-state index in [-0.39, 0.29) is 29.3 Å². The molecule has 7 heteroatoms. The van der Waals surface area contributed by atoms with Gasteiger partial charge in [0.1, 0.15) is 11.2 Å². The van der Waals surface area contributed by atoms with E-state index in [1.54, 1.807) is 6.07 Å². The van der Waals surface area contributed by atoms with Crippen molar-refractivity contribution in [3.8, 4) is 0 Å². The molecule has 0 aliphatic heterocycles. The number of aryl methyl sites for hydroxylation is 1. The summed E-state index contributed by atoms with van der Waals surface area (Å²) in [7, 11) is 3.61. The standard InChI is InChI=1S/C15H20ClO4PS/c1-19-15(18)14-6-5-9(22-14)3-2-4-10-11(8-17)13(20-21)7-12(10)16/h5-6,8,10-13H,2-4,7,21H2,1H3/t10-,11-,12-,13-/m1/s1. The highest BCUT2D eigenvalue weighted by Gasteiger charge is 2.42. The Kier molecular flexibility index (Phi) is 6.82. The van der Waals surface area contributed by atoms with E-state index in [2.05, 4.69) is 9.47 Å². The van der Waals surface area contributed by atoms with Crippen LogP contribution >= 0.6 is 32.4 Å². The summed E-state index contributed by atoms with van der Waals surface area (Å²) in [5, 5.41) is -0.0188. The van der Waals surface area contributed by atoms with Crippen LogP contribution in [0.2, 0.25) is 0 Å². The van der Waals surface area contributed by atoms with Gasteiger partial charge in [-0.05, 0) is 43.7 Å². The lowest BCUT2D eigenvalue weighted by Crippen LogP contribution is -2.22. The van der Waals surface area contributed by atoms with Crippen LogP contribution in [0, 0.1) is 11.8 Å². The maximum atomic E-state index is 11.4. The first-order chi connectivity index (χ1) is 10.6. The number of carbonyl (C=O) groups excluding carboxylic acids is 2. The summed E-state index contributed by atoms with van der Waals surface area (Å²) in [5.74, 6) is -0.270. The van der Waals surface area contributed by atoms with Crippen molar-refractivity contribution in [1.29, 1.82) is 0 Å². The SMILES string of the molecule is COC(=O)c1ccc(CCC[C@@H]2[C@@H](C=O)[C@H](OP)C[C@H]2Cl)s1. The van der Waals surface area contributed by atoms with Crippen molar-refractivity contribution >= 4 is 44.7 Å². The van der Waals surface area contributed by atoms with Crippen LogP contribution < -0.4 is 0 Å². The first kappa shape index (κ1) is 17.9. The quantitative estimate of drug-likeness (QED) is 0.322. The fraction of sp³-hybridized carbons (Fsp3) is 0.600. The molecule has 0 N–H and O–H groups in total. The molecule has 0 bridgehead atoms. The molecule has 2 rings (SSSR count). The molecule has 1 fully saturated rings. The van der Waals surface area contributed by atoms with Gasteiger partial charge in [0.2, 0.25) is 0 Å². The van der Waals surface area contributed by atoms with Gasteiger partial charge in [0.25, 0.3) is 0 Å². The second-order valence-electron chi connectivity index (χ2n) is 5.45. The minimum atomic E-state index is -0.297. The Hall–Kier alpha value is -0.480. The number of carbonyl (C=O) groups is 2. The van der Waals surface area contributed by atoms with Gasteiger partial charge in [-0.1, -0.05) is 0 Å². The molecule has 5 atom stereocenters. The summed E-state index contributed by atoms with van der Waals surface area (Å²) in [6.45, 7) is 0. The second kappa shape index (κ2) is 8.39. The highest BCUT2D eigenvalue weighted by atomic mass is 35.5. The molecular formula is C15H20ClO4PS. The number of halogens is 1. The number of ether oxygens (including phenoxy) is 1. The van der Waals surface area contributed by atoms with Crippen molar-refractivity contribution in [2.75, 3.05) is 7.11 Å². The molecule has 4 nitrogen and oxygen atoms in total. The van der Waals surface area contributed by atoms with Crippen LogP contribution in [0.5, 0.6) is 0 Å². The lowest BCUT2D eigenvalue weighted by molar-refractivity contribution is -0.114. The number of hydrogen-bond donors (Lipinski definition) is 0. The third kappa shape index (κ3) is 4.08. The molecule has 0 aromatic carbocycles. The van der Waals surface area contributed by atoms with Crippen molar-refractivity contribution in [2.45, 2.75) is 37.2 Å². The normalized spacial score (nSPS) is 27.8. The zero-order valence-electron chi connectivity index (χ0n) is 12.4. The Bertz CT molecular complexity index is 521. The van der Waals surface area contributed by atoms with Crippen molar-refractivity contribution in [1.82, 2.24) is 0 Å². The number of hydrogen-bond acceptors (Lipinski definition) is 5. The van der Waals surface area contributed by atoms with Gasteiger partial charge >= 0.3 is 5.97 Å². The third-order valence-corrected chi connectivity index (χ3v) is 6.16. The summed E-state index contributed by atoms with van der Waals surface area (Å²) < 4.78 is 9.98. The van der Waals surface area contributed by atoms with Crippen molar-refractivity contribution in [3.05, 3.63) is 21.9 Å². The number of rotatable bonds is 7. The van der Waals surface area contributed by atoms with E-state index >= 15 is 0 Å². The maximum Gasteiger partial charge on any atom is 0.348 e. The summed E-state index contributed by atoms with van der Waals surface area (Å²) in [6.07, 6.45) is 4.28. The van der Waals surface area contributed by atoms with Crippen molar-refractivity contribution in [2.24, 2.45) is 11.8 Å². The molecule has 1 aliphatic carbocycles. The van der Waals surface area contributed by atoms with Gasteiger partial charge in [0.05, 0.1) is 13.2 Å². The van der Waals surface area contributed by atoms with E-state index in [1.165, 1.54) is 18.4 Å². The Morgan fingerprint density at radius 1 is 1.55 bits per heavy atom. The number of methoxy groups -OCH3 is 1. The van der Waals surface area contributed by atoms with Gasteiger partial charge in [0.15, 0.2) is 0 Å². The molecule has 122 valence electrons. The third-order valence-electron chi connectivity index (χ3n) is 4.19. The molecule has 0 amide bonds. The van der Waals surface area contributed by atoms with Gasteiger partial charge in [-0.15, -0.1) is 22.9 Å². The predicted octanol–water partition coefficient (Wildman–Crippen LogP) is 3.48. The van der Waals surface area contributed by atoms with Crippen molar-refractivity contribution < 1.29 is 18.8 Å². The smallest absolute Gasteiger partial charge is 0.348 e. The van der Waals surface area contributed by atoms with Crippen LogP contribution in [0.25, 0.3) is 0 Å². The lowest BCUT2D eigenvalue weighted by atomic mass is 9.91. The summed E-state index contributed by atoms with van der Waals surface area (Å²) in [4.78, 5) is 24.5. The zero-order valence-corrected chi connectivity index (χ0v) is 15.1. The molecule has 1 aliphatic rings. The number of esters is 1. The fourth-order valence-corrected chi connectivity index (χ4v) is 4.74. The second-order valence-corrected chi connectivity index (χ2v) is 7.45. The van der Waals surface area contributed by atoms with Crippen LogP contribution in [0.1, 0.15) is 33.8 Å². The molecule has 22 heavy (non-hydrogen) atoms. The average molecular weight is 363 g/mol. The predicted molar refractivity (Wildman–Crippen MR) is 90.5 cm³/mol.